The van der Waals surface area contributed by atoms with E-state index in [-0.39, 0.29) is 5.31 Å². The Morgan fingerprint density at radius 1 is 1.31 bits per heavy atom. The van der Waals surface area contributed by atoms with Crippen LogP contribution in [0.25, 0.3) is 0 Å². The van der Waals surface area contributed by atoms with Crippen LogP contribution in [0.2, 0.25) is 5.31 Å². The molecule has 0 bridgehead atoms. The minimum Gasteiger partial charge on any atom is -0.0654 e. The molecule has 74 valence electrons. The Balaban J connectivity index is 2.59. The Kier molecular flexibility index (Phi) is 2.60. The first-order chi connectivity index (χ1) is 5.77. The largest absolute Gasteiger partial charge is 0.0754 e. The zero-order valence-corrected chi connectivity index (χ0v) is 9.91. The Morgan fingerprint density at radius 3 is 2.15 bits per heavy atom. The summed E-state index contributed by atoms with van der Waals surface area (Å²) in [4.78, 5) is 0. The monoisotopic (exact) mass is 178 g/mol. The first-order valence-corrected chi connectivity index (χ1v) is 5.56. The van der Waals surface area contributed by atoms with E-state index in [9.17, 15) is 0 Å². The maximum absolute atomic E-state index is 6.40. The van der Waals surface area contributed by atoms with Crippen molar-refractivity contribution >= 4 is 7.85 Å². The molecule has 0 aromatic carbocycles. The van der Waals surface area contributed by atoms with Crippen LogP contribution >= 0.6 is 0 Å². The molecular formula is C12H23B. The van der Waals surface area contributed by atoms with E-state index >= 15 is 0 Å². The molecule has 0 N–H and O–H groups in total. The van der Waals surface area contributed by atoms with Crippen LogP contribution in [0.1, 0.15) is 60.3 Å². The van der Waals surface area contributed by atoms with Crippen molar-refractivity contribution in [2.45, 2.75) is 65.6 Å². The molecule has 0 aromatic heterocycles. The summed E-state index contributed by atoms with van der Waals surface area (Å²) >= 11 is 0. The summed E-state index contributed by atoms with van der Waals surface area (Å²) in [5.41, 5.74) is 0.727. The lowest BCUT2D eigenvalue weighted by Gasteiger charge is -2.32. The van der Waals surface area contributed by atoms with Crippen molar-refractivity contribution in [3.8, 4) is 0 Å². The Bertz CT molecular complexity index is 192. The first-order valence-electron chi connectivity index (χ1n) is 5.56. The molecule has 2 atom stereocenters. The van der Waals surface area contributed by atoms with Gasteiger partial charge < -0.3 is 0 Å². The molecule has 0 heterocycles. The minimum atomic E-state index is 0.140. The lowest BCUT2D eigenvalue weighted by Crippen LogP contribution is -2.23. The third-order valence-corrected chi connectivity index (χ3v) is 4.27. The van der Waals surface area contributed by atoms with Gasteiger partial charge in [-0.05, 0) is 17.3 Å². The first kappa shape index (κ1) is 11.1. The van der Waals surface area contributed by atoms with Crippen LogP contribution in [0, 0.1) is 10.8 Å². The van der Waals surface area contributed by atoms with Gasteiger partial charge in [0, 0.05) is 0 Å². The molecular weight excluding hydrogens is 155 g/mol. The fourth-order valence-corrected chi connectivity index (χ4v) is 2.46. The van der Waals surface area contributed by atoms with Gasteiger partial charge in [-0.3, -0.25) is 0 Å². The Morgan fingerprint density at radius 2 is 1.85 bits per heavy atom. The van der Waals surface area contributed by atoms with Crippen LogP contribution in [0.3, 0.4) is 0 Å². The van der Waals surface area contributed by atoms with Crippen LogP contribution in [0.4, 0.5) is 0 Å². The predicted molar refractivity (Wildman–Crippen MR) is 60.2 cm³/mol. The smallest absolute Gasteiger partial charge is 0.0654 e. The third-order valence-electron chi connectivity index (χ3n) is 4.27. The van der Waals surface area contributed by atoms with E-state index in [1.807, 2.05) is 0 Å². The second-order valence-corrected chi connectivity index (χ2v) is 6.02. The second-order valence-electron chi connectivity index (χ2n) is 6.02. The zero-order valence-electron chi connectivity index (χ0n) is 9.91. The van der Waals surface area contributed by atoms with E-state index in [0.29, 0.717) is 10.8 Å². The van der Waals surface area contributed by atoms with Gasteiger partial charge in [0.2, 0.25) is 0 Å². The molecule has 1 saturated carbocycles. The highest BCUT2D eigenvalue weighted by Gasteiger charge is 2.64. The molecule has 0 aliphatic heterocycles. The van der Waals surface area contributed by atoms with Crippen molar-refractivity contribution in [1.82, 2.24) is 0 Å². The number of hydrogen-bond donors (Lipinski definition) is 0. The van der Waals surface area contributed by atoms with Crippen LogP contribution in [-0.4, -0.2) is 7.85 Å². The normalized spacial score (nSPS) is 39.2. The number of rotatable bonds is 3. The summed E-state index contributed by atoms with van der Waals surface area (Å²) in [5, 5.41) is 0.140. The van der Waals surface area contributed by atoms with Crippen LogP contribution in [0.5, 0.6) is 0 Å². The quantitative estimate of drug-likeness (QED) is 0.574. The van der Waals surface area contributed by atoms with E-state index in [1.165, 1.54) is 25.7 Å². The number of unbranched alkanes of at least 4 members (excludes halogenated alkanes) is 1. The lowest BCUT2D eigenvalue weighted by molar-refractivity contribution is 0.214. The molecule has 0 amide bonds. The molecule has 1 rings (SSSR count). The van der Waals surface area contributed by atoms with Crippen LogP contribution in [-0.2, 0) is 0 Å². The van der Waals surface area contributed by atoms with Gasteiger partial charge in [-0.1, -0.05) is 59.2 Å². The summed E-state index contributed by atoms with van der Waals surface area (Å²) < 4.78 is 0. The second kappa shape index (κ2) is 3.03. The Labute approximate surface area is 84.9 Å². The van der Waals surface area contributed by atoms with Gasteiger partial charge in [-0.2, -0.15) is 0 Å². The van der Waals surface area contributed by atoms with Crippen molar-refractivity contribution in [1.29, 1.82) is 0 Å². The van der Waals surface area contributed by atoms with Crippen LogP contribution < -0.4 is 0 Å². The van der Waals surface area contributed by atoms with Crippen molar-refractivity contribution in [3.05, 3.63) is 0 Å². The topological polar surface area (TPSA) is 0 Å². The van der Waals surface area contributed by atoms with Gasteiger partial charge in [0.1, 0.15) is 0 Å². The molecule has 2 unspecified atom stereocenters. The van der Waals surface area contributed by atoms with Crippen molar-refractivity contribution in [2.75, 3.05) is 0 Å². The maximum Gasteiger partial charge on any atom is 0.0754 e. The number of hydrogen-bond acceptors (Lipinski definition) is 0. The average molecular weight is 178 g/mol. The van der Waals surface area contributed by atoms with Gasteiger partial charge in [-0.15, -0.1) is 0 Å². The summed E-state index contributed by atoms with van der Waals surface area (Å²) in [7, 11) is 6.40. The molecule has 13 heavy (non-hydrogen) atoms. The van der Waals surface area contributed by atoms with Gasteiger partial charge in [-0.25, -0.2) is 0 Å². The molecule has 0 spiro atoms. The van der Waals surface area contributed by atoms with E-state index < -0.39 is 0 Å². The van der Waals surface area contributed by atoms with E-state index in [1.54, 1.807) is 0 Å². The van der Waals surface area contributed by atoms with Gasteiger partial charge >= 0.3 is 0 Å². The molecule has 0 nitrogen and oxygen atoms in total. The summed E-state index contributed by atoms with van der Waals surface area (Å²) in [6.45, 7) is 11.5. The highest BCUT2D eigenvalue weighted by molar-refractivity contribution is 6.18. The molecule has 2 radical (unpaired) electrons. The molecule has 0 aromatic rings. The van der Waals surface area contributed by atoms with Gasteiger partial charge in [0.15, 0.2) is 0 Å². The van der Waals surface area contributed by atoms with Gasteiger partial charge in [0.25, 0.3) is 0 Å². The lowest BCUT2D eigenvalue weighted by atomic mass is 9.64. The van der Waals surface area contributed by atoms with E-state index in [4.69, 9.17) is 7.85 Å². The highest BCUT2D eigenvalue weighted by atomic mass is 14.7. The zero-order chi connectivity index (χ0) is 10.3. The summed E-state index contributed by atoms with van der Waals surface area (Å²) in [6, 6.07) is 0. The minimum absolute atomic E-state index is 0.140. The highest BCUT2D eigenvalue weighted by Crippen LogP contribution is 2.77. The maximum atomic E-state index is 6.40. The fraction of sp³-hybridized carbons (Fsp3) is 1.00. The predicted octanol–water partition coefficient (Wildman–Crippen LogP) is 3.96. The van der Waals surface area contributed by atoms with Crippen molar-refractivity contribution in [2.24, 2.45) is 10.8 Å². The molecule has 0 saturated heterocycles. The summed E-state index contributed by atoms with van der Waals surface area (Å²) in [5.74, 6) is 0. The Hall–Kier alpha value is 0.0649. The molecule has 1 fully saturated rings. The third kappa shape index (κ3) is 1.67. The average Bonchev–Trinajstić information content (AvgIpc) is 2.52. The van der Waals surface area contributed by atoms with Crippen LogP contribution in [0.15, 0.2) is 0 Å². The van der Waals surface area contributed by atoms with Crippen molar-refractivity contribution in [3.63, 3.8) is 0 Å². The van der Waals surface area contributed by atoms with E-state index in [2.05, 4.69) is 34.6 Å². The molecule has 1 aliphatic carbocycles. The molecule has 1 aliphatic rings. The summed E-state index contributed by atoms with van der Waals surface area (Å²) in [6.07, 6.45) is 4.96. The standard InChI is InChI=1S/C12H23B/c1-6-7-8-12(13)9-11(12,5)10(2,3)4/h6-9H2,1-5H3. The van der Waals surface area contributed by atoms with Crippen molar-refractivity contribution < 1.29 is 0 Å². The fourth-order valence-electron chi connectivity index (χ4n) is 2.46. The SMILES string of the molecule is [B]C1(CCCC)CC1(C)C(C)(C)C. The van der Waals surface area contributed by atoms with E-state index in [0.717, 1.165) is 0 Å². The molecule has 1 heteroatoms. The van der Waals surface area contributed by atoms with Gasteiger partial charge in [0.05, 0.1) is 7.85 Å².